The molecule has 0 radical (unpaired) electrons. The quantitative estimate of drug-likeness (QED) is 0.855. The number of nitrogens with two attached hydrogens (primary N) is 1. The van der Waals surface area contributed by atoms with Crippen LogP contribution in [0, 0.1) is 5.92 Å². The van der Waals surface area contributed by atoms with Crippen LogP contribution in [0.25, 0.3) is 0 Å². The SMILES string of the molecule is CC(N)C1CCN(C(=O)c2cc(Br)sc2Br)C1. The lowest BCUT2D eigenvalue weighted by Crippen LogP contribution is -2.32. The first-order valence-electron chi connectivity index (χ1n) is 5.48. The van der Waals surface area contributed by atoms with Crippen LogP contribution >= 0.6 is 43.2 Å². The van der Waals surface area contributed by atoms with Crippen molar-refractivity contribution in [2.45, 2.75) is 19.4 Å². The standard InChI is InChI=1S/C11H14Br2N2OS/c1-6(14)7-2-3-15(5-7)11(16)8-4-9(12)17-10(8)13/h4,6-7H,2-3,5,14H2,1H3. The van der Waals surface area contributed by atoms with Crippen LogP contribution in [0.2, 0.25) is 0 Å². The minimum atomic E-state index is 0.0991. The van der Waals surface area contributed by atoms with Gasteiger partial charge in [0.1, 0.15) is 0 Å². The zero-order chi connectivity index (χ0) is 12.6. The van der Waals surface area contributed by atoms with Crippen molar-refractivity contribution in [1.82, 2.24) is 4.90 Å². The molecule has 0 saturated carbocycles. The van der Waals surface area contributed by atoms with Crippen LogP contribution in [-0.4, -0.2) is 29.9 Å². The molecule has 0 spiro atoms. The first kappa shape index (κ1) is 13.5. The molecule has 2 N–H and O–H groups in total. The molecule has 0 aliphatic carbocycles. The van der Waals surface area contributed by atoms with Gasteiger partial charge in [-0.15, -0.1) is 11.3 Å². The Kier molecular flexibility index (Phi) is 4.28. The molecule has 1 aliphatic rings. The van der Waals surface area contributed by atoms with Gasteiger partial charge in [-0.1, -0.05) is 0 Å². The van der Waals surface area contributed by atoms with Gasteiger partial charge in [0.2, 0.25) is 0 Å². The first-order chi connectivity index (χ1) is 7.99. The van der Waals surface area contributed by atoms with Gasteiger partial charge in [-0.2, -0.15) is 0 Å². The van der Waals surface area contributed by atoms with Crippen molar-refractivity contribution in [2.24, 2.45) is 11.7 Å². The monoisotopic (exact) mass is 380 g/mol. The smallest absolute Gasteiger partial charge is 0.255 e. The van der Waals surface area contributed by atoms with Gasteiger partial charge in [0.05, 0.1) is 13.1 Å². The van der Waals surface area contributed by atoms with Crippen LogP contribution < -0.4 is 5.73 Å². The summed E-state index contributed by atoms with van der Waals surface area (Å²) in [5.74, 6) is 0.529. The van der Waals surface area contributed by atoms with Crippen molar-refractivity contribution in [1.29, 1.82) is 0 Å². The lowest BCUT2D eigenvalue weighted by molar-refractivity contribution is 0.0785. The Labute approximate surface area is 122 Å². The molecule has 6 heteroatoms. The number of carbonyl (C=O) groups excluding carboxylic acids is 1. The third kappa shape index (κ3) is 2.92. The number of hydrogen-bond donors (Lipinski definition) is 1. The molecule has 1 saturated heterocycles. The van der Waals surface area contributed by atoms with Crippen LogP contribution in [-0.2, 0) is 0 Å². The zero-order valence-electron chi connectivity index (χ0n) is 9.45. The highest BCUT2D eigenvalue weighted by molar-refractivity contribution is 9.12. The van der Waals surface area contributed by atoms with E-state index in [0.29, 0.717) is 5.92 Å². The molecular weight excluding hydrogens is 368 g/mol. The molecule has 1 aromatic heterocycles. The first-order valence-corrected chi connectivity index (χ1v) is 7.89. The van der Waals surface area contributed by atoms with Gasteiger partial charge >= 0.3 is 0 Å². The number of halogens is 2. The zero-order valence-corrected chi connectivity index (χ0v) is 13.4. The van der Waals surface area contributed by atoms with Crippen molar-refractivity contribution >= 4 is 49.1 Å². The summed E-state index contributed by atoms with van der Waals surface area (Å²) in [5.41, 5.74) is 6.62. The number of carbonyl (C=O) groups is 1. The minimum absolute atomic E-state index is 0.0991. The Balaban J connectivity index is 2.09. The van der Waals surface area contributed by atoms with Crippen LogP contribution in [0.3, 0.4) is 0 Å². The molecule has 1 fully saturated rings. The van der Waals surface area contributed by atoms with Crippen LogP contribution in [0.5, 0.6) is 0 Å². The second-order valence-electron chi connectivity index (χ2n) is 4.40. The van der Waals surface area contributed by atoms with Crippen molar-refractivity contribution < 1.29 is 4.79 Å². The molecule has 2 atom stereocenters. The van der Waals surface area contributed by atoms with E-state index in [4.69, 9.17) is 5.73 Å². The normalized spacial score (nSPS) is 21.9. The fourth-order valence-electron chi connectivity index (χ4n) is 2.06. The number of rotatable bonds is 2. The Hall–Kier alpha value is 0.0900. The molecule has 2 heterocycles. The third-order valence-corrected chi connectivity index (χ3v) is 5.48. The largest absolute Gasteiger partial charge is 0.338 e. The van der Waals surface area contributed by atoms with Gasteiger partial charge in [0, 0.05) is 19.1 Å². The van der Waals surface area contributed by atoms with Crippen LogP contribution in [0.15, 0.2) is 13.6 Å². The van der Waals surface area contributed by atoms with E-state index in [1.54, 1.807) is 0 Å². The number of nitrogens with zero attached hydrogens (tertiary/aromatic N) is 1. The Morgan fingerprint density at radius 3 is 2.82 bits per heavy atom. The Bertz CT molecular complexity index is 433. The summed E-state index contributed by atoms with van der Waals surface area (Å²) in [7, 11) is 0. The predicted molar refractivity (Wildman–Crippen MR) is 77.4 cm³/mol. The highest BCUT2D eigenvalue weighted by Gasteiger charge is 2.30. The number of thiophene rings is 1. The van der Waals surface area contributed by atoms with E-state index < -0.39 is 0 Å². The molecule has 0 aromatic carbocycles. The summed E-state index contributed by atoms with van der Waals surface area (Å²) in [6, 6.07) is 2.03. The van der Waals surface area contributed by atoms with E-state index in [1.165, 1.54) is 11.3 Å². The van der Waals surface area contributed by atoms with Crippen molar-refractivity contribution in [3.8, 4) is 0 Å². The van der Waals surface area contributed by atoms with Gasteiger partial charge in [-0.25, -0.2) is 0 Å². The predicted octanol–water partition coefficient (Wildman–Crippen LogP) is 3.08. The maximum Gasteiger partial charge on any atom is 0.255 e. The maximum absolute atomic E-state index is 12.3. The van der Waals surface area contributed by atoms with Gasteiger partial charge in [0.25, 0.3) is 5.91 Å². The molecule has 1 aliphatic heterocycles. The van der Waals surface area contributed by atoms with Gasteiger partial charge < -0.3 is 10.6 Å². The van der Waals surface area contributed by atoms with E-state index in [0.717, 1.165) is 32.6 Å². The summed E-state index contributed by atoms with van der Waals surface area (Å²) in [6.07, 6.45) is 1.01. The molecule has 1 aromatic rings. The Morgan fingerprint density at radius 1 is 1.65 bits per heavy atom. The second-order valence-corrected chi connectivity index (χ2v) is 8.15. The molecule has 94 valence electrons. The van der Waals surface area contributed by atoms with E-state index in [9.17, 15) is 4.79 Å². The lowest BCUT2D eigenvalue weighted by atomic mass is 10.0. The van der Waals surface area contributed by atoms with Crippen LogP contribution in [0.4, 0.5) is 0 Å². The van der Waals surface area contributed by atoms with E-state index in [1.807, 2.05) is 17.9 Å². The van der Waals surface area contributed by atoms with Gasteiger partial charge in [0.15, 0.2) is 0 Å². The lowest BCUT2D eigenvalue weighted by Gasteiger charge is -2.17. The highest BCUT2D eigenvalue weighted by atomic mass is 79.9. The molecule has 3 nitrogen and oxygen atoms in total. The fourth-order valence-corrected chi connectivity index (χ4v) is 4.83. The number of likely N-dealkylation sites (tertiary alicyclic amines) is 1. The van der Waals surface area contributed by atoms with E-state index in [-0.39, 0.29) is 11.9 Å². The van der Waals surface area contributed by atoms with Crippen molar-refractivity contribution in [2.75, 3.05) is 13.1 Å². The summed E-state index contributed by atoms with van der Waals surface area (Å²) >= 11 is 8.34. The van der Waals surface area contributed by atoms with Crippen molar-refractivity contribution in [3.05, 3.63) is 19.2 Å². The molecule has 17 heavy (non-hydrogen) atoms. The summed E-state index contributed by atoms with van der Waals surface area (Å²) in [6.45, 7) is 3.59. The second kappa shape index (κ2) is 5.38. The van der Waals surface area contributed by atoms with E-state index in [2.05, 4.69) is 31.9 Å². The molecule has 1 amide bonds. The summed E-state index contributed by atoms with van der Waals surface area (Å²) in [4.78, 5) is 14.2. The summed E-state index contributed by atoms with van der Waals surface area (Å²) in [5, 5.41) is 0. The average Bonchev–Trinajstić information content (AvgIpc) is 2.84. The average molecular weight is 382 g/mol. The Morgan fingerprint density at radius 2 is 2.35 bits per heavy atom. The number of hydrogen-bond acceptors (Lipinski definition) is 3. The maximum atomic E-state index is 12.3. The fraction of sp³-hybridized carbons (Fsp3) is 0.545. The molecular formula is C11H14Br2N2OS. The van der Waals surface area contributed by atoms with Gasteiger partial charge in [-0.05, 0) is 57.2 Å². The van der Waals surface area contributed by atoms with Crippen molar-refractivity contribution in [3.63, 3.8) is 0 Å². The molecule has 2 rings (SSSR count). The summed E-state index contributed by atoms with van der Waals surface area (Å²) < 4.78 is 1.86. The van der Waals surface area contributed by atoms with Crippen LogP contribution in [0.1, 0.15) is 23.7 Å². The minimum Gasteiger partial charge on any atom is -0.338 e. The van der Waals surface area contributed by atoms with E-state index >= 15 is 0 Å². The topological polar surface area (TPSA) is 46.3 Å². The molecule has 2 unspecified atom stereocenters. The van der Waals surface area contributed by atoms with Gasteiger partial charge in [-0.3, -0.25) is 4.79 Å². The highest BCUT2D eigenvalue weighted by Crippen LogP contribution is 2.33. The number of amides is 1. The molecule has 0 bridgehead atoms. The third-order valence-electron chi connectivity index (χ3n) is 3.14.